The van der Waals surface area contributed by atoms with Crippen molar-refractivity contribution in [2.45, 2.75) is 12.3 Å². The first-order chi connectivity index (χ1) is 6.60. The fraction of sp³-hybridized carbons (Fsp3) is 0.250. The van der Waals surface area contributed by atoms with E-state index in [1.54, 1.807) is 6.07 Å². The molecule has 0 fully saturated rings. The van der Waals surface area contributed by atoms with Gasteiger partial charge in [0.25, 0.3) is 6.43 Å². The molecule has 0 amide bonds. The Bertz CT molecular complexity index is 388. The van der Waals surface area contributed by atoms with Crippen molar-refractivity contribution in [3.63, 3.8) is 0 Å². The molecule has 1 aromatic heterocycles. The molecule has 0 saturated heterocycles. The summed E-state index contributed by atoms with van der Waals surface area (Å²) in [5.74, 6) is -0.0652. The lowest BCUT2D eigenvalue weighted by atomic mass is 10.2. The topological polar surface area (TPSA) is 36.7 Å². The summed E-state index contributed by atoms with van der Waals surface area (Å²) in [5, 5.41) is 8.67. The molecular weight excluding hydrogens is 233 g/mol. The summed E-state index contributed by atoms with van der Waals surface area (Å²) in [4.78, 5) is 3.52. The lowest BCUT2D eigenvalue weighted by Crippen LogP contribution is -1.99. The number of nitrogens with zero attached hydrogens (tertiary/aromatic N) is 2. The van der Waals surface area contributed by atoms with Gasteiger partial charge in [-0.3, -0.25) is 0 Å². The maximum atomic E-state index is 12.4. The average Bonchev–Trinajstić information content (AvgIpc) is 2.16. The smallest absolute Gasteiger partial charge is 0.248 e. The fourth-order valence-electron chi connectivity index (χ4n) is 0.893. The van der Waals surface area contributed by atoms with Crippen LogP contribution in [0.4, 0.5) is 8.78 Å². The van der Waals surface area contributed by atoms with Crippen LogP contribution in [0, 0.1) is 11.3 Å². The number of hydrogen-bond acceptors (Lipinski definition) is 2. The van der Waals surface area contributed by atoms with Gasteiger partial charge in [0.2, 0.25) is 0 Å². The molecule has 14 heavy (non-hydrogen) atoms. The van der Waals surface area contributed by atoms with E-state index in [9.17, 15) is 8.78 Å². The number of rotatable bonds is 2. The molecule has 0 aliphatic rings. The molecular formula is C8H4Cl2F2N2. The van der Waals surface area contributed by atoms with Crippen molar-refractivity contribution in [1.29, 1.82) is 5.26 Å². The first-order valence-electron chi connectivity index (χ1n) is 3.53. The van der Waals surface area contributed by atoms with E-state index in [-0.39, 0.29) is 22.2 Å². The van der Waals surface area contributed by atoms with Crippen LogP contribution in [0.2, 0.25) is 5.02 Å². The molecule has 0 N–H and O–H groups in total. The van der Waals surface area contributed by atoms with Gasteiger partial charge in [-0.25, -0.2) is 13.8 Å². The molecule has 6 heteroatoms. The van der Waals surface area contributed by atoms with Crippen LogP contribution in [-0.4, -0.2) is 4.98 Å². The Morgan fingerprint density at radius 2 is 2.21 bits per heavy atom. The van der Waals surface area contributed by atoms with E-state index < -0.39 is 12.1 Å². The van der Waals surface area contributed by atoms with E-state index in [0.29, 0.717) is 0 Å². The van der Waals surface area contributed by atoms with Crippen LogP contribution in [-0.2, 0) is 5.88 Å². The Morgan fingerprint density at radius 3 is 2.64 bits per heavy atom. The van der Waals surface area contributed by atoms with Crippen molar-refractivity contribution in [1.82, 2.24) is 4.98 Å². The molecule has 2 nitrogen and oxygen atoms in total. The molecule has 0 aliphatic heterocycles. The Kier molecular flexibility index (Phi) is 3.62. The molecule has 0 atom stereocenters. The van der Waals surface area contributed by atoms with E-state index in [2.05, 4.69) is 4.98 Å². The largest absolute Gasteiger partial charge is 0.281 e. The predicted octanol–water partition coefficient (Wildman–Crippen LogP) is 3.28. The summed E-state index contributed by atoms with van der Waals surface area (Å²) in [6.45, 7) is 0. The summed E-state index contributed by atoms with van der Waals surface area (Å²) < 4.78 is 24.7. The summed E-state index contributed by atoms with van der Waals surface area (Å²) in [6.07, 6.45) is -2.80. The summed E-state index contributed by atoms with van der Waals surface area (Å²) >= 11 is 11.1. The molecule has 0 unspecified atom stereocenters. The van der Waals surface area contributed by atoms with Gasteiger partial charge in [-0.2, -0.15) is 5.26 Å². The fourth-order valence-corrected chi connectivity index (χ4v) is 1.38. The number of hydrogen-bond donors (Lipinski definition) is 0. The van der Waals surface area contributed by atoms with Crippen molar-refractivity contribution in [3.8, 4) is 6.07 Å². The number of pyridine rings is 1. The lowest BCUT2D eigenvalue weighted by molar-refractivity contribution is 0.145. The van der Waals surface area contributed by atoms with Crippen LogP contribution in [0.15, 0.2) is 6.07 Å². The van der Waals surface area contributed by atoms with Crippen LogP contribution in [0.5, 0.6) is 0 Å². The van der Waals surface area contributed by atoms with Gasteiger partial charge in [0, 0.05) is 0 Å². The first kappa shape index (κ1) is 11.2. The molecule has 0 spiro atoms. The summed E-state index contributed by atoms with van der Waals surface area (Å²) in [5.41, 5.74) is -0.644. The third-order valence-electron chi connectivity index (χ3n) is 1.53. The Balaban J connectivity index is 3.34. The highest BCUT2D eigenvalue weighted by molar-refractivity contribution is 6.32. The van der Waals surface area contributed by atoms with Crippen LogP contribution < -0.4 is 0 Å². The number of alkyl halides is 3. The second-order valence-electron chi connectivity index (χ2n) is 2.40. The predicted molar refractivity (Wildman–Crippen MR) is 48.5 cm³/mol. The monoisotopic (exact) mass is 236 g/mol. The van der Waals surface area contributed by atoms with Gasteiger partial charge in [0.15, 0.2) is 0 Å². The quantitative estimate of drug-likeness (QED) is 0.740. The second kappa shape index (κ2) is 4.54. The molecule has 0 bridgehead atoms. The van der Waals surface area contributed by atoms with Crippen LogP contribution in [0.1, 0.15) is 23.4 Å². The van der Waals surface area contributed by atoms with Gasteiger partial charge in [-0.05, 0) is 6.07 Å². The molecule has 0 aromatic carbocycles. The SMILES string of the molecule is N#Cc1cc(Cl)c(CCl)nc1C(F)F. The standard InChI is InChI=1S/C8H4Cl2F2N2/c9-2-6-5(10)1-4(3-13)7(14-6)8(11)12/h1,8H,2H2. The first-order valence-corrected chi connectivity index (χ1v) is 4.45. The van der Waals surface area contributed by atoms with Crippen molar-refractivity contribution in [3.05, 3.63) is 28.0 Å². The third-order valence-corrected chi connectivity index (χ3v) is 2.11. The minimum Gasteiger partial charge on any atom is -0.248 e. The van der Waals surface area contributed by atoms with Gasteiger partial charge >= 0.3 is 0 Å². The minimum absolute atomic E-state index is 0.0652. The van der Waals surface area contributed by atoms with E-state index in [1.807, 2.05) is 0 Å². The van der Waals surface area contributed by atoms with E-state index in [4.69, 9.17) is 28.5 Å². The number of halogens is 4. The van der Waals surface area contributed by atoms with Crippen LogP contribution >= 0.6 is 23.2 Å². The highest BCUT2D eigenvalue weighted by atomic mass is 35.5. The highest BCUT2D eigenvalue weighted by Gasteiger charge is 2.17. The van der Waals surface area contributed by atoms with Gasteiger partial charge in [-0.1, -0.05) is 11.6 Å². The Morgan fingerprint density at radius 1 is 1.57 bits per heavy atom. The van der Waals surface area contributed by atoms with E-state index >= 15 is 0 Å². The maximum absolute atomic E-state index is 12.4. The van der Waals surface area contributed by atoms with Crippen molar-refractivity contribution < 1.29 is 8.78 Å². The van der Waals surface area contributed by atoms with Gasteiger partial charge in [-0.15, -0.1) is 11.6 Å². The Labute approximate surface area is 89.1 Å². The zero-order chi connectivity index (χ0) is 10.7. The summed E-state index contributed by atoms with van der Waals surface area (Å²) in [6, 6.07) is 2.75. The molecule has 1 aromatic rings. The van der Waals surface area contributed by atoms with Crippen LogP contribution in [0.25, 0.3) is 0 Å². The average molecular weight is 237 g/mol. The zero-order valence-electron chi connectivity index (χ0n) is 6.77. The number of nitriles is 1. The lowest BCUT2D eigenvalue weighted by Gasteiger charge is -2.05. The molecule has 1 rings (SSSR count). The molecule has 1 heterocycles. The molecule has 0 aliphatic carbocycles. The van der Waals surface area contributed by atoms with E-state index in [1.165, 1.54) is 0 Å². The van der Waals surface area contributed by atoms with E-state index in [0.717, 1.165) is 6.07 Å². The second-order valence-corrected chi connectivity index (χ2v) is 3.07. The summed E-state index contributed by atoms with van der Waals surface area (Å²) in [7, 11) is 0. The Hall–Kier alpha value is -0.920. The molecule has 74 valence electrons. The molecule has 0 radical (unpaired) electrons. The van der Waals surface area contributed by atoms with Gasteiger partial charge in [0.1, 0.15) is 11.8 Å². The normalized spacial score (nSPS) is 10.3. The van der Waals surface area contributed by atoms with Gasteiger partial charge < -0.3 is 0 Å². The van der Waals surface area contributed by atoms with Crippen molar-refractivity contribution in [2.75, 3.05) is 0 Å². The van der Waals surface area contributed by atoms with Crippen LogP contribution in [0.3, 0.4) is 0 Å². The van der Waals surface area contributed by atoms with Crippen molar-refractivity contribution >= 4 is 23.2 Å². The van der Waals surface area contributed by atoms with Gasteiger partial charge in [0.05, 0.1) is 22.2 Å². The number of aromatic nitrogens is 1. The maximum Gasteiger partial charge on any atom is 0.281 e. The zero-order valence-corrected chi connectivity index (χ0v) is 8.28. The third kappa shape index (κ3) is 2.11. The van der Waals surface area contributed by atoms with Crippen molar-refractivity contribution in [2.24, 2.45) is 0 Å². The highest BCUT2D eigenvalue weighted by Crippen LogP contribution is 2.25. The molecule has 0 saturated carbocycles. The minimum atomic E-state index is -2.80.